The Bertz CT molecular complexity index is 1040. The maximum absolute atomic E-state index is 13.0. The van der Waals surface area contributed by atoms with Gasteiger partial charge in [-0.3, -0.25) is 9.36 Å². The maximum atomic E-state index is 13.0. The van der Waals surface area contributed by atoms with E-state index in [0.717, 1.165) is 5.69 Å². The van der Waals surface area contributed by atoms with Crippen LogP contribution in [0.4, 0.5) is 5.95 Å². The molecule has 23 heavy (non-hydrogen) atoms. The van der Waals surface area contributed by atoms with Crippen molar-refractivity contribution in [2.24, 2.45) is 0 Å². The van der Waals surface area contributed by atoms with Gasteiger partial charge >= 0.3 is 0 Å². The first-order valence-electron chi connectivity index (χ1n) is 7.12. The molecule has 0 aliphatic heterocycles. The molecule has 0 saturated heterocycles. The van der Waals surface area contributed by atoms with Crippen molar-refractivity contribution in [1.29, 1.82) is 0 Å². The van der Waals surface area contributed by atoms with E-state index < -0.39 is 0 Å². The number of nitrogens with zero attached hydrogens (tertiary/aromatic N) is 4. The number of para-hydroxylation sites is 2. The molecule has 0 saturated carbocycles. The Labute approximate surface area is 131 Å². The van der Waals surface area contributed by atoms with E-state index >= 15 is 0 Å². The molecule has 0 unspecified atom stereocenters. The monoisotopic (exact) mass is 303 g/mol. The lowest BCUT2D eigenvalue weighted by Crippen LogP contribution is -2.24. The molecule has 4 rings (SSSR count). The molecular formula is C17H13N5O. The van der Waals surface area contributed by atoms with Gasteiger partial charge in [0.05, 0.1) is 5.69 Å². The number of nitrogen functional groups attached to an aromatic ring is 1. The second kappa shape index (κ2) is 5.10. The highest BCUT2D eigenvalue weighted by Crippen LogP contribution is 2.16. The first kappa shape index (κ1) is 13.3. The van der Waals surface area contributed by atoms with Crippen molar-refractivity contribution in [3.8, 4) is 11.4 Å². The van der Waals surface area contributed by atoms with Crippen LogP contribution in [0.3, 0.4) is 0 Å². The smallest absolute Gasteiger partial charge is 0.286 e. The van der Waals surface area contributed by atoms with Crippen molar-refractivity contribution >= 4 is 17.1 Å². The normalized spacial score (nSPS) is 11.0. The number of hydrogen-bond acceptors (Lipinski definition) is 4. The first-order chi connectivity index (χ1) is 11.3. The molecular weight excluding hydrogens is 290 g/mol. The average Bonchev–Trinajstić information content (AvgIpc) is 3.00. The summed E-state index contributed by atoms with van der Waals surface area (Å²) >= 11 is 0. The Morgan fingerprint density at radius 2 is 1.48 bits per heavy atom. The third kappa shape index (κ3) is 2.08. The number of rotatable bonds is 2. The number of anilines is 1. The number of hydrogen-bond donors (Lipinski definition) is 1. The third-order valence-corrected chi connectivity index (χ3v) is 3.65. The molecule has 2 heterocycles. The molecule has 6 nitrogen and oxygen atoms in total. The van der Waals surface area contributed by atoms with Gasteiger partial charge in [0.15, 0.2) is 11.2 Å². The zero-order chi connectivity index (χ0) is 15.8. The van der Waals surface area contributed by atoms with E-state index in [1.165, 1.54) is 4.57 Å². The van der Waals surface area contributed by atoms with Crippen LogP contribution in [0, 0.1) is 0 Å². The Hall–Kier alpha value is -3.41. The average molecular weight is 303 g/mol. The molecule has 112 valence electrons. The summed E-state index contributed by atoms with van der Waals surface area (Å²) in [5, 5.41) is 0. The van der Waals surface area contributed by atoms with Crippen LogP contribution >= 0.6 is 0 Å². The molecule has 0 aliphatic rings. The van der Waals surface area contributed by atoms with Crippen molar-refractivity contribution < 1.29 is 0 Å². The van der Waals surface area contributed by atoms with E-state index in [9.17, 15) is 4.79 Å². The summed E-state index contributed by atoms with van der Waals surface area (Å²) < 4.78 is 3.12. The summed E-state index contributed by atoms with van der Waals surface area (Å²) in [6.07, 6.45) is 1.59. The summed E-state index contributed by atoms with van der Waals surface area (Å²) in [6.45, 7) is 0. The highest BCUT2D eigenvalue weighted by Gasteiger charge is 2.15. The second-order valence-corrected chi connectivity index (χ2v) is 5.07. The number of nitrogens with two attached hydrogens (primary N) is 1. The SMILES string of the molecule is Nc1nc2ncn(-c3ccccc3)c2c(=O)n1-c1ccccc1. The highest BCUT2D eigenvalue weighted by atomic mass is 16.1. The molecule has 2 aromatic heterocycles. The molecule has 0 aliphatic carbocycles. The topological polar surface area (TPSA) is 78.7 Å². The zero-order valence-electron chi connectivity index (χ0n) is 12.1. The molecule has 0 bridgehead atoms. The Balaban J connectivity index is 2.06. The Morgan fingerprint density at radius 1 is 0.870 bits per heavy atom. The minimum Gasteiger partial charge on any atom is -0.369 e. The maximum Gasteiger partial charge on any atom is 0.286 e. The van der Waals surface area contributed by atoms with E-state index in [2.05, 4.69) is 9.97 Å². The predicted octanol–water partition coefficient (Wildman–Crippen LogP) is 2.15. The van der Waals surface area contributed by atoms with Crippen LogP contribution in [0.1, 0.15) is 0 Å². The molecule has 0 amide bonds. The summed E-state index contributed by atoms with van der Waals surface area (Å²) in [5.74, 6) is 0.118. The minimum absolute atomic E-state index is 0.118. The molecule has 0 fully saturated rings. The van der Waals surface area contributed by atoms with Crippen molar-refractivity contribution in [3.63, 3.8) is 0 Å². The van der Waals surface area contributed by atoms with Crippen molar-refractivity contribution in [2.45, 2.75) is 0 Å². The summed E-state index contributed by atoms with van der Waals surface area (Å²) in [5.41, 5.74) is 7.97. The molecule has 2 N–H and O–H groups in total. The van der Waals surface area contributed by atoms with Crippen LogP contribution in [-0.2, 0) is 0 Å². The van der Waals surface area contributed by atoms with Gasteiger partial charge in [0.2, 0.25) is 5.95 Å². The van der Waals surface area contributed by atoms with Gasteiger partial charge in [0.1, 0.15) is 6.33 Å². The van der Waals surface area contributed by atoms with E-state index in [1.807, 2.05) is 60.7 Å². The van der Waals surface area contributed by atoms with Gasteiger partial charge < -0.3 is 5.73 Å². The van der Waals surface area contributed by atoms with E-state index in [0.29, 0.717) is 16.9 Å². The Kier molecular flexibility index (Phi) is 2.94. The number of aromatic nitrogens is 4. The largest absolute Gasteiger partial charge is 0.369 e. The van der Waals surface area contributed by atoms with Crippen LogP contribution < -0.4 is 11.3 Å². The predicted molar refractivity (Wildman–Crippen MR) is 88.9 cm³/mol. The molecule has 2 aromatic carbocycles. The molecule has 0 atom stereocenters. The summed E-state index contributed by atoms with van der Waals surface area (Å²) in [4.78, 5) is 21.5. The molecule has 0 spiro atoms. The molecule has 4 aromatic rings. The standard InChI is InChI=1S/C17H13N5O/c18-17-20-15-14(16(23)22(17)13-9-5-2-6-10-13)21(11-19-15)12-7-3-1-4-8-12/h1-11H,(H2,18,20). The number of benzene rings is 2. The van der Waals surface area contributed by atoms with E-state index in [1.54, 1.807) is 10.9 Å². The quantitative estimate of drug-likeness (QED) is 0.615. The van der Waals surface area contributed by atoms with Gasteiger partial charge in [-0.25, -0.2) is 9.55 Å². The fraction of sp³-hybridized carbons (Fsp3) is 0. The van der Waals surface area contributed by atoms with Gasteiger partial charge in [0.25, 0.3) is 5.56 Å². The lowest BCUT2D eigenvalue weighted by molar-refractivity contribution is 0.965. The Morgan fingerprint density at radius 3 is 2.13 bits per heavy atom. The lowest BCUT2D eigenvalue weighted by atomic mass is 10.3. The fourth-order valence-electron chi connectivity index (χ4n) is 2.60. The van der Waals surface area contributed by atoms with Gasteiger partial charge in [-0.05, 0) is 24.3 Å². The number of fused-ring (bicyclic) bond motifs is 1. The van der Waals surface area contributed by atoms with Gasteiger partial charge in [-0.2, -0.15) is 4.98 Å². The van der Waals surface area contributed by atoms with Crippen molar-refractivity contribution in [3.05, 3.63) is 77.3 Å². The number of imidazole rings is 1. The summed E-state index contributed by atoms with van der Waals surface area (Å²) in [7, 11) is 0. The minimum atomic E-state index is -0.250. The first-order valence-corrected chi connectivity index (χ1v) is 7.12. The van der Waals surface area contributed by atoms with Crippen LogP contribution in [0.2, 0.25) is 0 Å². The van der Waals surface area contributed by atoms with Crippen LogP contribution in [0.5, 0.6) is 0 Å². The van der Waals surface area contributed by atoms with Gasteiger partial charge in [-0.15, -0.1) is 0 Å². The van der Waals surface area contributed by atoms with Gasteiger partial charge in [0, 0.05) is 5.69 Å². The van der Waals surface area contributed by atoms with Gasteiger partial charge in [-0.1, -0.05) is 36.4 Å². The van der Waals surface area contributed by atoms with Crippen LogP contribution in [0.15, 0.2) is 71.8 Å². The third-order valence-electron chi connectivity index (χ3n) is 3.65. The lowest BCUT2D eigenvalue weighted by Gasteiger charge is -2.10. The second-order valence-electron chi connectivity index (χ2n) is 5.07. The highest BCUT2D eigenvalue weighted by molar-refractivity contribution is 5.74. The van der Waals surface area contributed by atoms with Crippen molar-refractivity contribution in [1.82, 2.24) is 19.1 Å². The zero-order valence-corrected chi connectivity index (χ0v) is 12.1. The van der Waals surface area contributed by atoms with Crippen LogP contribution in [-0.4, -0.2) is 19.1 Å². The van der Waals surface area contributed by atoms with E-state index in [-0.39, 0.29) is 11.5 Å². The van der Waals surface area contributed by atoms with E-state index in [4.69, 9.17) is 5.73 Å². The fourth-order valence-corrected chi connectivity index (χ4v) is 2.60. The molecule has 0 radical (unpaired) electrons. The summed E-state index contributed by atoms with van der Waals surface area (Å²) in [6, 6.07) is 18.7. The van der Waals surface area contributed by atoms with Crippen molar-refractivity contribution in [2.75, 3.05) is 5.73 Å². The molecule has 6 heteroatoms. The van der Waals surface area contributed by atoms with Crippen LogP contribution in [0.25, 0.3) is 22.5 Å².